The van der Waals surface area contributed by atoms with Crippen LogP contribution in [0.1, 0.15) is 23.4 Å². The van der Waals surface area contributed by atoms with E-state index >= 15 is 0 Å². The molecule has 0 bridgehead atoms. The summed E-state index contributed by atoms with van der Waals surface area (Å²) in [6, 6.07) is 6.44. The second kappa shape index (κ2) is 7.37. The lowest BCUT2D eigenvalue weighted by Crippen LogP contribution is -2.41. The Labute approximate surface area is 154 Å². The van der Waals surface area contributed by atoms with Crippen molar-refractivity contribution in [1.82, 2.24) is 4.90 Å². The third-order valence-electron chi connectivity index (χ3n) is 4.23. The molecule has 1 aliphatic rings. The minimum Gasteiger partial charge on any atom is -0.459 e. The molecule has 132 valence electrons. The average Bonchev–Trinajstić information content (AvgIpc) is 3.13. The largest absolute Gasteiger partial charge is 0.459 e. The zero-order valence-corrected chi connectivity index (χ0v) is 14.8. The van der Waals surface area contributed by atoms with E-state index in [-0.39, 0.29) is 23.4 Å². The summed E-state index contributed by atoms with van der Waals surface area (Å²) in [5, 5.41) is 3.39. The van der Waals surface area contributed by atoms with Crippen molar-refractivity contribution < 1.29 is 14.0 Å². The molecule has 1 fully saturated rings. The van der Waals surface area contributed by atoms with Crippen molar-refractivity contribution >= 4 is 46.4 Å². The van der Waals surface area contributed by atoms with Gasteiger partial charge in [0.05, 0.1) is 22.0 Å². The average molecular weight is 382 g/mol. The lowest BCUT2D eigenvalue weighted by molar-refractivity contribution is -0.121. The third kappa shape index (κ3) is 3.91. The highest BCUT2D eigenvalue weighted by molar-refractivity contribution is 6.39. The maximum Gasteiger partial charge on any atom is 0.289 e. The van der Waals surface area contributed by atoms with Crippen molar-refractivity contribution in [1.29, 1.82) is 0 Å². The fraction of sp³-hybridized carbons (Fsp3) is 0.294. The smallest absolute Gasteiger partial charge is 0.289 e. The number of piperidine rings is 1. The van der Waals surface area contributed by atoms with Gasteiger partial charge in [0.15, 0.2) is 5.76 Å². The Morgan fingerprint density at radius 2 is 1.84 bits per heavy atom. The molecule has 1 saturated heterocycles. The van der Waals surface area contributed by atoms with E-state index < -0.39 is 0 Å². The van der Waals surface area contributed by atoms with Gasteiger partial charge < -0.3 is 20.4 Å². The van der Waals surface area contributed by atoms with Crippen molar-refractivity contribution in [2.45, 2.75) is 12.8 Å². The fourth-order valence-electron chi connectivity index (χ4n) is 2.80. The molecule has 0 unspecified atom stereocenters. The van der Waals surface area contributed by atoms with Gasteiger partial charge in [0.2, 0.25) is 5.91 Å². The van der Waals surface area contributed by atoms with Gasteiger partial charge in [-0.05, 0) is 37.1 Å². The van der Waals surface area contributed by atoms with Crippen LogP contribution in [0.4, 0.5) is 11.4 Å². The molecule has 2 heterocycles. The quantitative estimate of drug-likeness (QED) is 0.793. The highest BCUT2D eigenvalue weighted by Crippen LogP contribution is 2.31. The van der Waals surface area contributed by atoms with Crippen LogP contribution in [-0.4, -0.2) is 29.8 Å². The Morgan fingerprint density at radius 1 is 1.20 bits per heavy atom. The van der Waals surface area contributed by atoms with Crippen LogP contribution in [0.2, 0.25) is 10.0 Å². The number of furan rings is 1. The number of nitrogen functional groups attached to an aromatic ring is 1. The van der Waals surface area contributed by atoms with Gasteiger partial charge in [-0.15, -0.1) is 0 Å². The minimum absolute atomic E-state index is 0.123. The predicted octanol–water partition coefficient (Wildman–Crippen LogP) is 3.66. The van der Waals surface area contributed by atoms with Gasteiger partial charge in [-0.3, -0.25) is 9.59 Å². The molecule has 2 amide bonds. The number of rotatable bonds is 3. The fourth-order valence-corrected chi connectivity index (χ4v) is 3.29. The zero-order valence-electron chi connectivity index (χ0n) is 13.3. The number of hydrogen-bond donors (Lipinski definition) is 2. The van der Waals surface area contributed by atoms with Crippen LogP contribution in [0.5, 0.6) is 0 Å². The van der Waals surface area contributed by atoms with Gasteiger partial charge in [0.25, 0.3) is 5.91 Å². The van der Waals surface area contributed by atoms with Gasteiger partial charge in [0, 0.05) is 24.7 Å². The summed E-state index contributed by atoms with van der Waals surface area (Å²) < 4.78 is 5.13. The maximum atomic E-state index is 12.4. The van der Waals surface area contributed by atoms with Crippen LogP contribution in [-0.2, 0) is 4.79 Å². The lowest BCUT2D eigenvalue weighted by Gasteiger charge is -2.30. The molecule has 0 saturated carbocycles. The molecule has 2 aromatic rings. The molecule has 1 aromatic heterocycles. The number of benzene rings is 1. The molecule has 0 aliphatic carbocycles. The van der Waals surface area contributed by atoms with E-state index in [1.54, 1.807) is 29.2 Å². The molecule has 6 nitrogen and oxygen atoms in total. The first-order chi connectivity index (χ1) is 12.0. The molecule has 0 atom stereocenters. The summed E-state index contributed by atoms with van der Waals surface area (Å²) >= 11 is 12.0. The van der Waals surface area contributed by atoms with Crippen molar-refractivity contribution in [2.75, 3.05) is 24.1 Å². The van der Waals surface area contributed by atoms with E-state index in [1.165, 1.54) is 6.26 Å². The Hall–Kier alpha value is -2.18. The SMILES string of the molecule is Nc1c(Cl)cc(NC(=O)C2CCN(C(=O)c3ccco3)CC2)cc1Cl. The lowest BCUT2D eigenvalue weighted by atomic mass is 9.95. The van der Waals surface area contributed by atoms with Crippen molar-refractivity contribution in [3.05, 3.63) is 46.3 Å². The molecule has 3 rings (SSSR count). The van der Waals surface area contributed by atoms with Crippen LogP contribution in [0.25, 0.3) is 0 Å². The number of carbonyl (C=O) groups is 2. The summed E-state index contributed by atoms with van der Waals surface area (Å²) in [6.07, 6.45) is 2.62. The molecule has 25 heavy (non-hydrogen) atoms. The van der Waals surface area contributed by atoms with Crippen molar-refractivity contribution in [3.63, 3.8) is 0 Å². The summed E-state index contributed by atoms with van der Waals surface area (Å²) in [6.45, 7) is 1.00. The molecule has 0 radical (unpaired) electrons. The first-order valence-corrected chi connectivity index (χ1v) is 8.59. The number of anilines is 2. The van der Waals surface area contributed by atoms with Gasteiger partial charge >= 0.3 is 0 Å². The monoisotopic (exact) mass is 381 g/mol. The van der Waals surface area contributed by atoms with Crippen LogP contribution in [0.15, 0.2) is 34.9 Å². The summed E-state index contributed by atoms with van der Waals surface area (Å²) in [7, 11) is 0. The van der Waals surface area contributed by atoms with Crippen molar-refractivity contribution in [2.24, 2.45) is 5.92 Å². The minimum atomic E-state index is -0.184. The van der Waals surface area contributed by atoms with Gasteiger partial charge in [-0.2, -0.15) is 0 Å². The van der Waals surface area contributed by atoms with E-state index in [0.29, 0.717) is 47.4 Å². The van der Waals surface area contributed by atoms with Gasteiger partial charge in [0.1, 0.15) is 0 Å². The first-order valence-electron chi connectivity index (χ1n) is 7.84. The van der Waals surface area contributed by atoms with E-state index in [4.69, 9.17) is 33.4 Å². The Balaban J connectivity index is 1.58. The number of nitrogens with one attached hydrogen (secondary N) is 1. The molecular formula is C17H17Cl2N3O3. The highest BCUT2D eigenvalue weighted by Gasteiger charge is 2.28. The number of halogens is 2. The number of nitrogens with zero attached hydrogens (tertiary/aromatic N) is 1. The molecular weight excluding hydrogens is 365 g/mol. The molecule has 8 heteroatoms. The van der Waals surface area contributed by atoms with E-state index in [9.17, 15) is 9.59 Å². The molecule has 1 aliphatic heterocycles. The highest BCUT2D eigenvalue weighted by atomic mass is 35.5. The molecule has 3 N–H and O–H groups in total. The van der Waals surface area contributed by atoms with Crippen LogP contribution < -0.4 is 11.1 Å². The number of likely N-dealkylation sites (tertiary alicyclic amines) is 1. The summed E-state index contributed by atoms with van der Waals surface area (Å²) in [4.78, 5) is 26.3. The number of nitrogens with two attached hydrogens (primary N) is 1. The third-order valence-corrected chi connectivity index (χ3v) is 4.86. The first kappa shape index (κ1) is 17.6. The van der Waals surface area contributed by atoms with Crippen LogP contribution in [0.3, 0.4) is 0 Å². The van der Waals surface area contributed by atoms with Crippen molar-refractivity contribution in [3.8, 4) is 0 Å². The second-order valence-corrected chi connectivity index (χ2v) is 6.70. The normalized spacial score (nSPS) is 15.2. The Bertz CT molecular complexity index is 761. The van der Waals surface area contributed by atoms with E-state index in [1.807, 2.05) is 0 Å². The standard InChI is InChI=1S/C17H17Cl2N3O3/c18-12-8-11(9-13(19)15(12)20)21-16(23)10-3-5-22(6-4-10)17(24)14-2-1-7-25-14/h1-2,7-10H,3-6,20H2,(H,21,23). The Morgan fingerprint density at radius 3 is 2.40 bits per heavy atom. The maximum absolute atomic E-state index is 12.4. The van der Waals surface area contributed by atoms with E-state index in [2.05, 4.69) is 5.32 Å². The molecule has 0 spiro atoms. The number of carbonyl (C=O) groups excluding carboxylic acids is 2. The van der Waals surface area contributed by atoms with E-state index in [0.717, 1.165) is 0 Å². The number of hydrogen-bond acceptors (Lipinski definition) is 4. The second-order valence-electron chi connectivity index (χ2n) is 5.89. The summed E-state index contributed by atoms with van der Waals surface area (Å²) in [5.41, 5.74) is 6.47. The zero-order chi connectivity index (χ0) is 18.0. The topological polar surface area (TPSA) is 88.6 Å². The Kier molecular flexibility index (Phi) is 5.20. The van der Waals surface area contributed by atoms with Crippen LogP contribution >= 0.6 is 23.2 Å². The predicted molar refractivity (Wildman–Crippen MR) is 96.8 cm³/mol. The molecule has 1 aromatic carbocycles. The summed E-state index contributed by atoms with van der Waals surface area (Å²) in [5.74, 6) is -0.146. The van der Waals surface area contributed by atoms with Gasteiger partial charge in [-0.1, -0.05) is 23.2 Å². The van der Waals surface area contributed by atoms with Gasteiger partial charge in [-0.25, -0.2) is 0 Å². The number of amides is 2. The van der Waals surface area contributed by atoms with Crippen LogP contribution in [0, 0.1) is 5.92 Å².